The third kappa shape index (κ3) is 4.80. The molecule has 1 N–H and O–H groups in total. The molecule has 2 aromatic rings. The molecule has 2 saturated carbocycles. The standard InChI is InChI=1S/C29H38N4O4/c1-18(31-37-17-27(34)35)28-29(36)33(26-9-5-4-8-25(26)30-28)24-15-21-10-11-22(16-24)32(21)23-13-19-6-2-3-7-20(12-19)14-23/h4-5,8-9,19-24H,2-3,6-7,10-17H2,1H3,(H,34,35)/t19?,20?,21-,22+,23?,24?. The predicted molar refractivity (Wildman–Crippen MR) is 142 cm³/mol. The van der Waals surface area contributed by atoms with Crippen molar-refractivity contribution in [2.75, 3.05) is 6.61 Å². The van der Waals surface area contributed by atoms with Crippen molar-refractivity contribution in [1.29, 1.82) is 0 Å². The van der Waals surface area contributed by atoms with Gasteiger partial charge in [0.2, 0.25) is 6.61 Å². The van der Waals surface area contributed by atoms with Crippen molar-refractivity contribution in [1.82, 2.24) is 14.5 Å². The first-order chi connectivity index (χ1) is 18.0. The highest BCUT2D eigenvalue weighted by Gasteiger charge is 2.47. The lowest BCUT2D eigenvalue weighted by atomic mass is 9.76. The first-order valence-corrected chi connectivity index (χ1v) is 14.2. The summed E-state index contributed by atoms with van der Waals surface area (Å²) < 4.78 is 1.96. The van der Waals surface area contributed by atoms with E-state index in [2.05, 4.69) is 15.0 Å². The lowest BCUT2D eigenvalue weighted by Crippen LogP contribution is -2.52. The van der Waals surface area contributed by atoms with E-state index < -0.39 is 12.6 Å². The molecule has 8 heteroatoms. The van der Waals surface area contributed by atoms with Crippen LogP contribution in [0.15, 0.2) is 34.2 Å². The minimum atomic E-state index is -1.11. The smallest absolute Gasteiger partial charge is 0.344 e. The van der Waals surface area contributed by atoms with Crippen LogP contribution in [-0.2, 0) is 9.63 Å². The molecule has 0 spiro atoms. The lowest BCUT2D eigenvalue weighted by molar-refractivity contribution is -0.142. The van der Waals surface area contributed by atoms with E-state index in [0.717, 1.165) is 35.7 Å². The van der Waals surface area contributed by atoms with E-state index in [9.17, 15) is 9.59 Å². The molecule has 1 aromatic heterocycles. The summed E-state index contributed by atoms with van der Waals surface area (Å²) in [6.07, 6.45) is 14.2. The summed E-state index contributed by atoms with van der Waals surface area (Å²) in [5.41, 5.74) is 1.97. The van der Waals surface area contributed by atoms with Gasteiger partial charge in [0.05, 0.1) is 11.0 Å². The molecule has 3 heterocycles. The van der Waals surface area contributed by atoms with Gasteiger partial charge in [0.15, 0.2) is 5.69 Å². The fraction of sp³-hybridized carbons (Fsp3) is 0.655. The number of nitrogens with zero attached hydrogens (tertiary/aromatic N) is 4. The van der Waals surface area contributed by atoms with Gasteiger partial charge in [-0.1, -0.05) is 43.0 Å². The van der Waals surface area contributed by atoms with E-state index in [1.165, 1.54) is 57.8 Å². The number of para-hydroxylation sites is 2. The molecule has 0 radical (unpaired) electrons. The zero-order chi connectivity index (χ0) is 25.5. The van der Waals surface area contributed by atoms with Crippen LogP contribution in [0.2, 0.25) is 0 Å². The van der Waals surface area contributed by atoms with Crippen LogP contribution in [0.4, 0.5) is 0 Å². The van der Waals surface area contributed by atoms with Crippen molar-refractivity contribution in [3.63, 3.8) is 0 Å². The Morgan fingerprint density at radius 3 is 2.32 bits per heavy atom. The van der Waals surface area contributed by atoms with Gasteiger partial charge in [-0.3, -0.25) is 9.69 Å². The van der Waals surface area contributed by atoms with Crippen molar-refractivity contribution < 1.29 is 14.7 Å². The quantitative estimate of drug-likeness (QED) is 0.449. The zero-order valence-electron chi connectivity index (χ0n) is 21.7. The van der Waals surface area contributed by atoms with E-state index in [1.807, 2.05) is 28.8 Å². The number of benzene rings is 1. The maximum atomic E-state index is 13.8. The number of carbonyl (C=O) groups is 1. The number of oxime groups is 1. The highest BCUT2D eigenvalue weighted by Crippen LogP contribution is 2.47. The van der Waals surface area contributed by atoms with Gasteiger partial charge in [-0.05, 0) is 75.8 Å². The van der Waals surface area contributed by atoms with Crippen molar-refractivity contribution in [2.24, 2.45) is 17.0 Å². The SMILES string of the molecule is CC(=NOCC(=O)O)c1nc2ccccc2n(C2C[C@H]3CC[C@@H](C2)N3C2CC3CCCCC(C3)C2)c1=O. The second kappa shape index (κ2) is 10.2. The molecule has 3 unspecified atom stereocenters. The summed E-state index contributed by atoms with van der Waals surface area (Å²) in [6, 6.07) is 9.69. The summed E-state index contributed by atoms with van der Waals surface area (Å²) in [6.45, 7) is 1.10. The third-order valence-electron chi connectivity index (χ3n) is 9.43. The van der Waals surface area contributed by atoms with Gasteiger partial charge in [0.25, 0.3) is 5.56 Å². The Bertz CT molecular complexity index is 1230. The average Bonchev–Trinajstić information content (AvgIpc) is 3.03. The first-order valence-electron chi connectivity index (χ1n) is 14.2. The van der Waals surface area contributed by atoms with Gasteiger partial charge < -0.3 is 14.5 Å². The van der Waals surface area contributed by atoms with Crippen molar-refractivity contribution in [2.45, 2.75) is 102 Å². The molecule has 8 nitrogen and oxygen atoms in total. The van der Waals surface area contributed by atoms with Crippen LogP contribution in [-0.4, -0.2) is 56.0 Å². The fourth-order valence-electron chi connectivity index (χ4n) is 8.08. The molecule has 5 atom stereocenters. The van der Waals surface area contributed by atoms with Crippen LogP contribution in [0.1, 0.15) is 89.3 Å². The van der Waals surface area contributed by atoms with E-state index in [0.29, 0.717) is 23.8 Å². The van der Waals surface area contributed by atoms with Gasteiger partial charge in [0, 0.05) is 24.2 Å². The Morgan fingerprint density at radius 2 is 1.65 bits per heavy atom. The van der Waals surface area contributed by atoms with Crippen LogP contribution in [0.3, 0.4) is 0 Å². The highest BCUT2D eigenvalue weighted by molar-refractivity contribution is 5.97. The predicted octanol–water partition coefficient (Wildman–Crippen LogP) is 4.75. The number of aromatic nitrogens is 2. The number of fused-ring (bicyclic) bond motifs is 5. The van der Waals surface area contributed by atoms with Crippen LogP contribution in [0.25, 0.3) is 11.0 Å². The first kappa shape index (κ1) is 24.6. The number of piperidine rings is 1. The highest BCUT2D eigenvalue weighted by atomic mass is 16.6. The van der Waals surface area contributed by atoms with Crippen LogP contribution in [0.5, 0.6) is 0 Å². The van der Waals surface area contributed by atoms with Gasteiger partial charge in [0.1, 0.15) is 5.71 Å². The van der Waals surface area contributed by atoms with Gasteiger partial charge >= 0.3 is 5.97 Å². The molecule has 37 heavy (non-hydrogen) atoms. The zero-order valence-corrected chi connectivity index (χ0v) is 21.7. The number of hydrogen-bond acceptors (Lipinski definition) is 6. The fourth-order valence-corrected chi connectivity index (χ4v) is 8.08. The lowest BCUT2D eigenvalue weighted by Gasteiger charge is -2.48. The number of carboxylic acids is 1. The van der Waals surface area contributed by atoms with E-state index >= 15 is 0 Å². The second-order valence-electron chi connectivity index (χ2n) is 11.8. The van der Waals surface area contributed by atoms with Gasteiger partial charge in [-0.15, -0.1) is 0 Å². The number of hydrogen-bond donors (Lipinski definition) is 1. The Kier molecular flexibility index (Phi) is 6.78. The van der Waals surface area contributed by atoms with Crippen LogP contribution in [0, 0.1) is 11.8 Å². The van der Waals surface area contributed by atoms with Crippen molar-refractivity contribution in [3.05, 3.63) is 40.3 Å². The molecule has 2 aliphatic carbocycles. The molecule has 2 saturated heterocycles. The van der Waals surface area contributed by atoms with Gasteiger partial charge in [-0.2, -0.15) is 0 Å². The molecular formula is C29H38N4O4. The summed E-state index contributed by atoms with van der Waals surface area (Å²) in [4.78, 5) is 37.1. The van der Waals surface area contributed by atoms with Crippen LogP contribution >= 0.6 is 0 Å². The Labute approximate surface area is 217 Å². The normalized spacial score (nSPS) is 32.3. The number of carboxylic acid groups (broad SMARTS) is 1. The third-order valence-corrected chi connectivity index (χ3v) is 9.43. The minimum absolute atomic E-state index is 0.117. The maximum Gasteiger partial charge on any atom is 0.344 e. The Hall–Kier alpha value is -2.74. The summed E-state index contributed by atoms with van der Waals surface area (Å²) in [5, 5.41) is 12.7. The maximum absolute atomic E-state index is 13.8. The number of rotatable bonds is 6. The van der Waals surface area contributed by atoms with Crippen molar-refractivity contribution >= 4 is 22.7 Å². The van der Waals surface area contributed by atoms with Crippen LogP contribution < -0.4 is 5.56 Å². The molecule has 4 fully saturated rings. The topological polar surface area (TPSA) is 97.0 Å². The molecule has 0 amide bonds. The molecule has 4 bridgehead atoms. The molecule has 4 aliphatic rings. The van der Waals surface area contributed by atoms with E-state index in [-0.39, 0.29) is 17.3 Å². The molecule has 1 aromatic carbocycles. The monoisotopic (exact) mass is 506 g/mol. The van der Waals surface area contributed by atoms with Gasteiger partial charge in [-0.25, -0.2) is 9.78 Å². The van der Waals surface area contributed by atoms with E-state index in [1.54, 1.807) is 6.92 Å². The number of aliphatic carboxylic acids is 1. The summed E-state index contributed by atoms with van der Waals surface area (Å²) >= 11 is 0. The molecule has 198 valence electrons. The minimum Gasteiger partial charge on any atom is -0.479 e. The molecular weight excluding hydrogens is 468 g/mol. The largest absolute Gasteiger partial charge is 0.479 e. The summed E-state index contributed by atoms with van der Waals surface area (Å²) in [5.74, 6) is 0.700. The molecule has 2 aliphatic heterocycles. The second-order valence-corrected chi connectivity index (χ2v) is 11.8. The average molecular weight is 507 g/mol. The Morgan fingerprint density at radius 1 is 0.973 bits per heavy atom. The summed E-state index contributed by atoms with van der Waals surface area (Å²) in [7, 11) is 0. The van der Waals surface area contributed by atoms with Crippen molar-refractivity contribution in [3.8, 4) is 0 Å². The molecule has 6 rings (SSSR count). The van der Waals surface area contributed by atoms with E-state index in [4.69, 9.17) is 9.94 Å². The Balaban J connectivity index is 1.29.